The molecule has 0 atom stereocenters. The van der Waals surface area contributed by atoms with Crippen molar-refractivity contribution in [1.29, 1.82) is 0 Å². The standard InChI is InChI=1S/C22H20FN3O4S2/c23-16-8-10-17(11-9-16)24-20(27)7-2-1-3-12-25-21(28)19(32-22(25)31)14-15-5-4-6-18(13-15)26(29)30/h4-6,8-11,13-14H,1-3,7,12H2,(H,24,27)/b19-14-. The van der Waals surface area contributed by atoms with Crippen LogP contribution in [0.1, 0.15) is 31.2 Å². The monoisotopic (exact) mass is 473 g/mol. The van der Waals surface area contributed by atoms with Crippen molar-refractivity contribution in [3.8, 4) is 0 Å². The number of nitrogens with zero attached hydrogens (tertiary/aromatic N) is 2. The summed E-state index contributed by atoms with van der Waals surface area (Å²) >= 11 is 6.48. The molecule has 2 amide bonds. The number of halogens is 1. The lowest BCUT2D eigenvalue weighted by Crippen LogP contribution is -2.29. The minimum absolute atomic E-state index is 0.0438. The topological polar surface area (TPSA) is 92.5 Å². The fourth-order valence-electron chi connectivity index (χ4n) is 3.06. The number of carbonyl (C=O) groups is 2. The Bertz CT molecular complexity index is 1070. The molecule has 10 heteroatoms. The number of nitro benzene ring substituents is 1. The smallest absolute Gasteiger partial charge is 0.270 e. The molecule has 0 spiro atoms. The molecule has 7 nitrogen and oxygen atoms in total. The van der Waals surface area contributed by atoms with E-state index in [1.807, 2.05) is 0 Å². The van der Waals surface area contributed by atoms with Gasteiger partial charge in [-0.15, -0.1) is 0 Å². The fraction of sp³-hybridized carbons (Fsp3) is 0.227. The van der Waals surface area contributed by atoms with E-state index in [2.05, 4.69) is 5.32 Å². The fourth-order valence-corrected chi connectivity index (χ4v) is 4.37. The Morgan fingerprint density at radius 3 is 2.66 bits per heavy atom. The van der Waals surface area contributed by atoms with Crippen LogP contribution in [0.15, 0.2) is 53.4 Å². The van der Waals surface area contributed by atoms with Gasteiger partial charge in [-0.1, -0.05) is 42.5 Å². The highest BCUT2D eigenvalue weighted by Gasteiger charge is 2.31. The van der Waals surface area contributed by atoms with Crippen LogP contribution in [-0.4, -0.2) is 32.5 Å². The Kier molecular flexibility index (Phi) is 8.07. The number of anilines is 1. The van der Waals surface area contributed by atoms with Crippen LogP contribution < -0.4 is 5.32 Å². The first kappa shape index (κ1) is 23.6. The molecule has 0 saturated carbocycles. The number of nitrogens with one attached hydrogen (secondary N) is 1. The van der Waals surface area contributed by atoms with Crippen molar-refractivity contribution in [2.24, 2.45) is 0 Å². The largest absolute Gasteiger partial charge is 0.326 e. The van der Waals surface area contributed by atoms with Crippen LogP contribution in [0.4, 0.5) is 15.8 Å². The van der Waals surface area contributed by atoms with Gasteiger partial charge in [0.1, 0.15) is 10.1 Å². The summed E-state index contributed by atoms with van der Waals surface area (Å²) in [5, 5.41) is 13.6. The van der Waals surface area contributed by atoms with E-state index in [-0.39, 0.29) is 23.3 Å². The summed E-state index contributed by atoms with van der Waals surface area (Å²) in [6, 6.07) is 11.6. The van der Waals surface area contributed by atoms with Crippen LogP contribution in [0.5, 0.6) is 0 Å². The first-order chi connectivity index (χ1) is 15.3. The predicted molar refractivity (Wildman–Crippen MR) is 126 cm³/mol. The van der Waals surface area contributed by atoms with Crippen molar-refractivity contribution in [3.63, 3.8) is 0 Å². The van der Waals surface area contributed by atoms with Crippen LogP contribution >= 0.6 is 24.0 Å². The molecule has 166 valence electrons. The molecule has 1 heterocycles. The van der Waals surface area contributed by atoms with Gasteiger partial charge in [0, 0.05) is 30.8 Å². The number of nitro groups is 1. The van der Waals surface area contributed by atoms with Crippen molar-refractivity contribution in [3.05, 3.63) is 74.9 Å². The van der Waals surface area contributed by atoms with Crippen molar-refractivity contribution in [2.45, 2.75) is 25.7 Å². The molecule has 1 aliphatic rings. The van der Waals surface area contributed by atoms with Crippen LogP contribution in [0.2, 0.25) is 0 Å². The number of unbranched alkanes of at least 4 members (excludes halogenated alkanes) is 2. The van der Waals surface area contributed by atoms with Gasteiger partial charge in [0.15, 0.2) is 0 Å². The molecule has 32 heavy (non-hydrogen) atoms. The van der Waals surface area contributed by atoms with Gasteiger partial charge in [-0.2, -0.15) is 0 Å². The van der Waals surface area contributed by atoms with E-state index in [9.17, 15) is 24.1 Å². The molecular weight excluding hydrogens is 453 g/mol. The summed E-state index contributed by atoms with van der Waals surface area (Å²) in [6.45, 7) is 0.441. The molecular formula is C22H20FN3O4S2. The Morgan fingerprint density at radius 1 is 1.19 bits per heavy atom. The van der Waals surface area contributed by atoms with Gasteiger partial charge in [0.2, 0.25) is 5.91 Å². The lowest BCUT2D eigenvalue weighted by molar-refractivity contribution is -0.384. The zero-order valence-corrected chi connectivity index (χ0v) is 18.6. The zero-order valence-electron chi connectivity index (χ0n) is 17.0. The number of amides is 2. The highest BCUT2D eigenvalue weighted by atomic mass is 32.2. The predicted octanol–water partition coefficient (Wildman–Crippen LogP) is 5.13. The summed E-state index contributed by atoms with van der Waals surface area (Å²) in [4.78, 5) is 37.0. The molecule has 1 N–H and O–H groups in total. The second-order valence-corrected chi connectivity index (χ2v) is 8.73. The zero-order chi connectivity index (χ0) is 23.1. The summed E-state index contributed by atoms with van der Waals surface area (Å²) < 4.78 is 13.3. The minimum atomic E-state index is -0.484. The van der Waals surface area contributed by atoms with E-state index in [0.29, 0.717) is 46.3 Å². The second-order valence-electron chi connectivity index (χ2n) is 7.05. The normalized spacial score (nSPS) is 14.8. The van der Waals surface area contributed by atoms with Crippen LogP contribution in [-0.2, 0) is 9.59 Å². The first-order valence-electron chi connectivity index (χ1n) is 9.89. The summed E-state index contributed by atoms with van der Waals surface area (Å²) in [7, 11) is 0. The maximum Gasteiger partial charge on any atom is 0.270 e. The highest BCUT2D eigenvalue weighted by molar-refractivity contribution is 8.26. The minimum Gasteiger partial charge on any atom is -0.326 e. The Labute approximate surface area is 193 Å². The molecule has 3 rings (SSSR count). The molecule has 1 aliphatic heterocycles. The van der Waals surface area contributed by atoms with Crippen LogP contribution in [0.25, 0.3) is 6.08 Å². The first-order valence-corrected chi connectivity index (χ1v) is 11.1. The number of non-ortho nitro benzene ring substituents is 1. The molecule has 0 radical (unpaired) electrons. The maximum atomic E-state index is 12.9. The summed E-state index contributed by atoms with van der Waals surface area (Å²) in [5.41, 5.74) is 1.06. The van der Waals surface area contributed by atoms with Crippen molar-refractivity contribution >= 4 is 57.6 Å². The molecule has 0 aliphatic carbocycles. The van der Waals surface area contributed by atoms with Gasteiger partial charge >= 0.3 is 0 Å². The van der Waals surface area contributed by atoms with Gasteiger partial charge in [0.05, 0.1) is 9.83 Å². The number of benzene rings is 2. The van der Waals surface area contributed by atoms with E-state index in [0.717, 1.165) is 6.42 Å². The Morgan fingerprint density at radius 2 is 1.94 bits per heavy atom. The van der Waals surface area contributed by atoms with Crippen molar-refractivity contribution < 1.29 is 18.9 Å². The molecule has 1 fully saturated rings. The lowest BCUT2D eigenvalue weighted by Gasteiger charge is -2.14. The number of hydrogen-bond donors (Lipinski definition) is 1. The third-order valence-corrected chi connectivity index (χ3v) is 6.04. The molecule has 0 unspecified atom stereocenters. The average Bonchev–Trinajstić information content (AvgIpc) is 3.02. The van der Waals surface area contributed by atoms with Gasteiger partial charge in [-0.25, -0.2) is 4.39 Å². The molecule has 1 saturated heterocycles. The Hall–Kier alpha value is -3.11. The van der Waals surface area contributed by atoms with E-state index < -0.39 is 4.92 Å². The highest BCUT2D eigenvalue weighted by Crippen LogP contribution is 2.33. The lowest BCUT2D eigenvalue weighted by atomic mass is 10.1. The van der Waals surface area contributed by atoms with Crippen LogP contribution in [0, 0.1) is 15.9 Å². The number of hydrogen-bond acceptors (Lipinski definition) is 6. The van der Waals surface area contributed by atoms with Crippen LogP contribution in [0.3, 0.4) is 0 Å². The number of rotatable bonds is 9. The summed E-state index contributed by atoms with van der Waals surface area (Å²) in [5.74, 6) is -0.735. The summed E-state index contributed by atoms with van der Waals surface area (Å²) in [6.07, 6.45) is 3.98. The van der Waals surface area contributed by atoms with Gasteiger partial charge in [-0.3, -0.25) is 24.6 Å². The maximum absolute atomic E-state index is 12.9. The number of carbonyl (C=O) groups excluding carboxylic acids is 2. The van der Waals surface area contributed by atoms with Crippen molar-refractivity contribution in [2.75, 3.05) is 11.9 Å². The SMILES string of the molecule is O=C(CCCCCN1C(=O)/C(=C/c2cccc([N+](=O)[O-])c2)SC1=S)Nc1ccc(F)cc1. The third-order valence-electron chi connectivity index (χ3n) is 4.67. The quantitative estimate of drug-likeness (QED) is 0.178. The molecule has 0 aromatic heterocycles. The molecule has 2 aromatic carbocycles. The van der Waals surface area contributed by atoms with E-state index in [4.69, 9.17) is 12.2 Å². The Balaban J connectivity index is 1.44. The van der Waals surface area contributed by atoms with Crippen molar-refractivity contribution in [1.82, 2.24) is 4.90 Å². The third kappa shape index (κ3) is 6.44. The van der Waals surface area contributed by atoms with Gasteiger partial charge in [0.25, 0.3) is 11.6 Å². The van der Waals surface area contributed by atoms with E-state index >= 15 is 0 Å². The average molecular weight is 474 g/mol. The van der Waals surface area contributed by atoms with Gasteiger partial charge < -0.3 is 5.32 Å². The number of thiocarbonyl (C=S) groups is 1. The number of thioether (sulfide) groups is 1. The molecule has 0 bridgehead atoms. The second kappa shape index (κ2) is 11.0. The van der Waals surface area contributed by atoms with E-state index in [1.165, 1.54) is 53.1 Å². The molecule has 2 aromatic rings. The van der Waals surface area contributed by atoms with E-state index in [1.54, 1.807) is 18.2 Å². The van der Waals surface area contributed by atoms with Gasteiger partial charge in [-0.05, 0) is 48.7 Å².